The first-order chi connectivity index (χ1) is 14.3. The Morgan fingerprint density at radius 1 is 1.10 bits per heavy atom. The minimum Gasteiger partial charge on any atom is -0.381 e. The third kappa shape index (κ3) is 6.82. The number of benzene rings is 2. The van der Waals surface area contributed by atoms with Gasteiger partial charge in [-0.3, -0.25) is 19.6 Å². The zero-order valence-electron chi connectivity index (χ0n) is 16.7. The average molecular weight is 436 g/mol. The molecule has 0 fully saturated rings. The molecule has 0 aliphatic heterocycles. The molecule has 2 rings (SSSR count). The molecule has 2 aromatic rings. The predicted octanol–water partition coefficient (Wildman–Crippen LogP) is 3.33. The van der Waals surface area contributed by atoms with E-state index in [1.807, 2.05) is 0 Å². The zero-order chi connectivity index (χ0) is 22.0. The molecule has 0 atom stereocenters. The second kappa shape index (κ2) is 11.3. The van der Waals surface area contributed by atoms with Crippen LogP contribution in [0.25, 0.3) is 0 Å². The maximum absolute atomic E-state index is 12.7. The Bertz CT molecular complexity index is 978. The highest BCUT2D eigenvalue weighted by molar-refractivity contribution is 7.92. The molecule has 2 aromatic carbocycles. The Labute approximate surface area is 175 Å². The van der Waals surface area contributed by atoms with E-state index in [-0.39, 0.29) is 21.8 Å². The number of para-hydroxylation sites is 1. The van der Waals surface area contributed by atoms with E-state index in [9.17, 15) is 23.3 Å². The summed E-state index contributed by atoms with van der Waals surface area (Å²) in [4.78, 5) is 22.5. The van der Waals surface area contributed by atoms with Crippen LogP contribution in [0.5, 0.6) is 0 Å². The number of hydrogen-bond donors (Lipinski definition) is 2. The average Bonchev–Trinajstić information content (AvgIpc) is 2.73. The normalized spacial score (nSPS) is 11.1. The molecule has 0 aromatic heterocycles. The Morgan fingerprint density at radius 3 is 2.57 bits per heavy atom. The molecular weight excluding hydrogens is 410 g/mol. The molecule has 0 saturated carbocycles. The van der Waals surface area contributed by atoms with Crippen molar-refractivity contribution in [2.24, 2.45) is 0 Å². The van der Waals surface area contributed by atoms with Crippen LogP contribution in [0.1, 0.15) is 36.5 Å². The Balaban J connectivity index is 2.05. The highest BCUT2D eigenvalue weighted by Crippen LogP contribution is 2.22. The largest absolute Gasteiger partial charge is 0.381 e. The first kappa shape index (κ1) is 23.3. The number of hydrogen-bond acceptors (Lipinski definition) is 6. The Hall–Kier alpha value is -2.98. The zero-order valence-corrected chi connectivity index (χ0v) is 17.5. The van der Waals surface area contributed by atoms with Gasteiger partial charge in [0.25, 0.3) is 21.6 Å². The Morgan fingerprint density at radius 2 is 1.83 bits per heavy atom. The van der Waals surface area contributed by atoms with Crippen molar-refractivity contribution in [3.63, 3.8) is 0 Å². The number of carbonyl (C=O) groups excluding carboxylic acids is 1. The fraction of sp³-hybridized carbons (Fsp3) is 0.350. The van der Waals surface area contributed by atoms with Gasteiger partial charge in [0, 0.05) is 31.9 Å². The molecule has 162 valence electrons. The second-order valence-corrected chi connectivity index (χ2v) is 8.16. The standard InChI is InChI=1S/C20H25N3O6S/c1-2-3-13-29-14-7-12-21-20(24)18-10-4-5-11-19(18)22-30(27,28)17-9-6-8-16(15-17)23(25)26/h4-6,8-11,15,22H,2-3,7,12-14H2,1H3,(H,21,24). The number of ether oxygens (including phenoxy) is 1. The number of nitro benzene ring substituents is 1. The van der Waals surface area contributed by atoms with Crippen molar-refractivity contribution in [2.75, 3.05) is 24.5 Å². The first-order valence-electron chi connectivity index (χ1n) is 9.57. The number of non-ortho nitro benzene ring substituents is 1. The summed E-state index contributed by atoms with van der Waals surface area (Å²) < 4.78 is 33.1. The maximum Gasteiger partial charge on any atom is 0.270 e. The number of nitrogens with one attached hydrogen (secondary N) is 2. The van der Waals surface area contributed by atoms with E-state index >= 15 is 0 Å². The van der Waals surface area contributed by atoms with Crippen molar-refractivity contribution in [1.29, 1.82) is 0 Å². The number of unbranched alkanes of at least 4 members (excludes halogenated alkanes) is 1. The van der Waals surface area contributed by atoms with Gasteiger partial charge in [-0.2, -0.15) is 0 Å². The molecule has 10 heteroatoms. The van der Waals surface area contributed by atoms with Crippen LogP contribution in [0.4, 0.5) is 11.4 Å². The lowest BCUT2D eigenvalue weighted by atomic mass is 10.1. The molecule has 0 radical (unpaired) electrons. The lowest BCUT2D eigenvalue weighted by molar-refractivity contribution is -0.385. The third-order valence-electron chi connectivity index (χ3n) is 4.15. The van der Waals surface area contributed by atoms with Crippen LogP contribution in [0.3, 0.4) is 0 Å². The molecule has 9 nitrogen and oxygen atoms in total. The summed E-state index contributed by atoms with van der Waals surface area (Å²) in [6.07, 6.45) is 2.68. The number of sulfonamides is 1. The third-order valence-corrected chi connectivity index (χ3v) is 5.51. The van der Waals surface area contributed by atoms with Crippen molar-refractivity contribution in [3.05, 3.63) is 64.2 Å². The molecule has 0 unspecified atom stereocenters. The van der Waals surface area contributed by atoms with Gasteiger partial charge in [0.15, 0.2) is 0 Å². The summed E-state index contributed by atoms with van der Waals surface area (Å²) in [5.74, 6) is -0.430. The van der Waals surface area contributed by atoms with Crippen LogP contribution in [0.2, 0.25) is 0 Å². The van der Waals surface area contributed by atoms with Crippen molar-refractivity contribution < 1.29 is 22.9 Å². The van der Waals surface area contributed by atoms with E-state index in [2.05, 4.69) is 17.0 Å². The maximum atomic E-state index is 12.7. The van der Waals surface area contributed by atoms with E-state index in [0.717, 1.165) is 18.9 Å². The second-order valence-electron chi connectivity index (χ2n) is 6.48. The number of anilines is 1. The molecule has 1 amide bonds. The van der Waals surface area contributed by atoms with Crippen molar-refractivity contribution in [2.45, 2.75) is 31.1 Å². The van der Waals surface area contributed by atoms with Gasteiger partial charge >= 0.3 is 0 Å². The van der Waals surface area contributed by atoms with Crippen LogP contribution in [-0.2, 0) is 14.8 Å². The molecule has 0 bridgehead atoms. The topological polar surface area (TPSA) is 128 Å². The van der Waals surface area contributed by atoms with Crippen molar-refractivity contribution in [3.8, 4) is 0 Å². The van der Waals surface area contributed by atoms with Gasteiger partial charge < -0.3 is 10.1 Å². The highest BCUT2D eigenvalue weighted by Gasteiger charge is 2.20. The van der Waals surface area contributed by atoms with Crippen molar-refractivity contribution >= 4 is 27.3 Å². The number of nitro groups is 1. The summed E-state index contributed by atoms with van der Waals surface area (Å²) in [5.41, 5.74) is -0.107. The van der Waals surface area contributed by atoms with Crippen LogP contribution >= 0.6 is 0 Å². The molecule has 30 heavy (non-hydrogen) atoms. The van der Waals surface area contributed by atoms with Crippen molar-refractivity contribution in [1.82, 2.24) is 5.32 Å². The quantitative estimate of drug-likeness (QED) is 0.299. The summed E-state index contributed by atoms with van der Waals surface area (Å²) >= 11 is 0. The number of carbonyl (C=O) groups is 1. The number of rotatable bonds is 12. The van der Waals surface area contributed by atoms with E-state index < -0.39 is 20.9 Å². The van der Waals surface area contributed by atoms with E-state index in [0.29, 0.717) is 26.2 Å². The van der Waals surface area contributed by atoms with Crippen LogP contribution in [-0.4, -0.2) is 39.0 Å². The van der Waals surface area contributed by atoms with Gasteiger partial charge in [-0.25, -0.2) is 8.42 Å². The van der Waals surface area contributed by atoms with Gasteiger partial charge in [0.1, 0.15) is 0 Å². The smallest absolute Gasteiger partial charge is 0.270 e. The summed E-state index contributed by atoms with van der Waals surface area (Å²) in [6.45, 7) is 3.68. The molecule has 0 heterocycles. The number of nitrogens with zero attached hydrogens (tertiary/aromatic N) is 1. The van der Waals surface area contributed by atoms with E-state index in [1.54, 1.807) is 12.1 Å². The molecule has 0 saturated heterocycles. The monoisotopic (exact) mass is 435 g/mol. The minimum absolute atomic E-state index is 0.0840. The molecular formula is C20H25N3O6S. The van der Waals surface area contributed by atoms with Gasteiger partial charge in [0.2, 0.25) is 0 Å². The highest BCUT2D eigenvalue weighted by atomic mass is 32.2. The van der Waals surface area contributed by atoms with Crippen LogP contribution < -0.4 is 10.0 Å². The predicted molar refractivity (Wildman–Crippen MR) is 113 cm³/mol. The van der Waals surface area contributed by atoms with E-state index in [4.69, 9.17) is 4.74 Å². The minimum atomic E-state index is -4.12. The fourth-order valence-corrected chi connectivity index (χ4v) is 3.68. The van der Waals surface area contributed by atoms with Gasteiger partial charge in [-0.05, 0) is 31.0 Å². The number of amides is 1. The van der Waals surface area contributed by atoms with E-state index in [1.165, 1.54) is 30.3 Å². The summed E-state index contributed by atoms with van der Waals surface area (Å²) in [7, 11) is -4.12. The molecule has 2 N–H and O–H groups in total. The Kier molecular flexibility index (Phi) is 8.75. The van der Waals surface area contributed by atoms with Crippen LogP contribution in [0, 0.1) is 10.1 Å². The molecule has 0 aliphatic rings. The molecule has 0 aliphatic carbocycles. The lowest BCUT2D eigenvalue weighted by Gasteiger charge is -2.13. The first-order valence-corrected chi connectivity index (χ1v) is 11.1. The lowest BCUT2D eigenvalue weighted by Crippen LogP contribution is -2.27. The fourth-order valence-electron chi connectivity index (χ4n) is 2.56. The van der Waals surface area contributed by atoms with Gasteiger partial charge in [-0.1, -0.05) is 31.5 Å². The van der Waals surface area contributed by atoms with Gasteiger partial charge in [-0.15, -0.1) is 0 Å². The SMILES string of the molecule is CCCCOCCCNC(=O)c1ccccc1NS(=O)(=O)c1cccc([N+](=O)[O-])c1. The summed E-state index contributed by atoms with van der Waals surface area (Å²) in [6, 6.07) is 10.9. The molecule has 0 spiro atoms. The van der Waals surface area contributed by atoms with Gasteiger partial charge in [0.05, 0.1) is 21.1 Å². The summed E-state index contributed by atoms with van der Waals surface area (Å²) in [5, 5.41) is 13.6. The van der Waals surface area contributed by atoms with Crippen LogP contribution in [0.15, 0.2) is 53.4 Å².